The quantitative estimate of drug-likeness (QED) is 0.808. The second kappa shape index (κ2) is 8.93. The lowest BCUT2D eigenvalue weighted by atomic mass is 10.1. The van der Waals surface area contributed by atoms with E-state index in [1.807, 2.05) is 31.2 Å². The van der Waals surface area contributed by atoms with Gasteiger partial charge in [-0.1, -0.05) is 12.1 Å². The molecule has 0 heterocycles. The molecule has 2 aromatic rings. The summed E-state index contributed by atoms with van der Waals surface area (Å²) >= 11 is 0. The van der Waals surface area contributed by atoms with Crippen LogP contribution in [0.1, 0.15) is 28.4 Å². The summed E-state index contributed by atoms with van der Waals surface area (Å²) in [6.07, 6.45) is 0. The smallest absolute Gasteiger partial charge is 0.251 e. The molecule has 24 heavy (non-hydrogen) atoms. The van der Waals surface area contributed by atoms with E-state index in [1.165, 1.54) is 0 Å². The van der Waals surface area contributed by atoms with E-state index in [0.29, 0.717) is 25.3 Å². The predicted octanol–water partition coefficient (Wildman–Crippen LogP) is 3.17. The first-order chi connectivity index (χ1) is 11.7. The molecular formula is C19H23NO4. The van der Waals surface area contributed by atoms with Crippen LogP contribution in [0.4, 0.5) is 0 Å². The van der Waals surface area contributed by atoms with Crippen molar-refractivity contribution in [1.82, 2.24) is 5.32 Å². The molecule has 0 aromatic heterocycles. The van der Waals surface area contributed by atoms with Crippen LogP contribution in [-0.4, -0.2) is 26.7 Å². The highest BCUT2D eigenvalue weighted by Crippen LogP contribution is 2.21. The third-order valence-corrected chi connectivity index (χ3v) is 3.53. The molecule has 1 N–H and O–H groups in total. The van der Waals surface area contributed by atoms with E-state index in [0.717, 1.165) is 22.6 Å². The minimum Gasteiger partial charge on any atom is -0.497 e. The van der Waals surface area contributed by atoms with Crippen LogP contribution < -0.4 is 14.8 Å². The van der Waals surface area contributed by atoms with Gasteiger partial charge in [0.15, 0.2) is 0 Å². The fraction of sp³-hybridized carbons (Fsp3) is 0.316. The number of methoxy groups -OCH3 is 2. The fourth-order valence-electron chi connectivity index (χ4n) is 2.31. The van der Waals surface area contributed by atoms with E-state index in [4.69, 9.17) is 14.2 Å². The van der Waals surface area contributed by atoms with E-state index in [1.54, 1.807) is 32.4 Å². The Morgan fingerprint density at radius 1 is 1.08 bits per heavy atom. The summed E-state index contributed by atoms with van der Waals surface area (Å²) in [7, 11) is 3.24. The highest BCUT2D eigenvalue weighted by atomic mass is 16.5. The van der Waals surface area contributed by atoms with Crippen LogP contribution >= 0.6 is 0 Å². The molecule has 0 saturated carbocycles. The normalized spacial score (nSPS) is 10.3. The van der Waals surface area contributed by atoms with Crippen LogP contribution in [0.15, 0.2) is 42.5 Å². The SMILES string of the molecule is CCOc1ccc(C(=O)NCc2ccc(OC)cc2)cc1COC. The van der Waals surface area contributed by atoms with E-state index >= 15 is 0 Å². The molecule has 0 unspecified atom stereocenters. The third kappa shape index (κ3) is 4.73. The first kappa shape index (κ1) is 17.8. The number of hydrogen-bond donors (Lipinski definition) is 1. The Kier molecular flexibility index (Phi) is 6.63. The number of benzene rings is 2. The number of ether oxygens (including phenoxy) is 3. The standard InChI is InChI=1S/C19H23NO4/c1-4-24-18-10-7-15(11-16(18)13-22-2)19(21)20-12-14-5-8-17(23-3)9-6-14/h5-11H,4,12-13H2,1-3H3,(H,20,21). The molecule has 2 rings (SSSR count). The second-order valence-corrected chi connectivity index (χ2v) is 5.22. The molecule has 0 fully saturated rings. The Balaban J connectivity index is 2.04. The van der Waals surface area contributed by atoms with Crippen LogP contribution in [0.25, 0.3) is 0 Å². The lowest BCUT2D eigenvalue weighted by Crippen LogP contribution is -2.23. The van der Waals surface area contributed by atoms with Crippen molar-refractivity contribution >= 4 is 5.91 Å². The molecule has 0 radical (unpaired) electrons. The molecular weight excluding hydrogens is 306 g/mol. The van der Waals surface area contributed by atoms with Gasteiger partial charge in [-0.2, -0.15) is 0 Å². The summed E-state index contributed by atoms with van der Waals surface area (Å²) < 4.78 is 15.8. The van der Waals surface area contributed by atoms with Crippen LogP contribution in [-0.2, 0) is 17.9 Å². The lowest BCUT2D eigenvalue weighted by molar-refractivity contribution is 0.0950. The van der Waals surface area contributed by atoms with Gasteiger partial charge in [0, 0.05) is 24.8 Å². The fourth-order valence-corrected chi connectivity index (χ4v) is 2.31. The average Bonchev–Trinajstić information content (AvgIpc) is 2.62. The zero-order chi connectivity index (χ0) is 17.4. The number of rotatable bonds is 8. The van der Waals surface area contributed by atoms with E-state index in [9.17, 15) is 4.79 Å². The van der Waals surface area contributed by atoms with E-state index < -0.39 is 0 Å². The van der Waals surface area contributed by atoms with Crippen molar-refractivity contribution < 1.29 is 19.0 Å². The first-order valence-corrected chi connectivity index (χ1v) is 7.83. The second-order valence-electron chi connectivity index (χ2n) is 5.22. The van der Waals surface area contributed by atoms with Gasteiger partial charge in [-0.05, 0) is 42.8 Å². The zero-order valence-electron chi connectivity index (χ0n) is 14.3. The van der Waals surface area contributed by atoms with Crippen LogP contribution in [0.2, 0.25) is 0 Å². The number of nitrogens with one attached hydrogen (secondary N) is 1. The van der Waals surface area contributed by atoms with E-state index in [-0.39, 0.29) is 5.91 Å². The summed E-state index contributed by atoms with van der Waals surface area (Å²) in [4.78, 5) is 12.3. The van der Waals surface area contributed by atoms with Gasteiger partial charge >= 0.3 is 0 Å². The Bertz CT molecular complexity index is 668. The summed E-state index contributed by atoms with van der Waals surface area (Å²) in [5, 5.41) is 2.91. The summed E-state index contributed by atoms with van der Waals surface area (Å²) in [5.41, 5.74) is 2.45. The molecule has 0 aliphatic carbocycles. The van der Waals surface area contributed by atoms with Gasteiger partial charge in [0.1, 0.15) is 11.5 Å². The maximum absolute atomic E-state index is 12.3. The monoisotopic (exact) mass is 329 g/mol. The van der Waals surface area contributed by atoms with Gasteiger partial charge in [-0.25, -0.2) is 0 Å². The molecule has 5 heteroatoms. The summed E-state index contributed by atoms with van der Waals surface area (Å²) in [6, 6.07) is 13.0. The number of carbonyl (C=O) groups is 1. The largest absolute Gasteiger partial charge is 0.497 e. The molecule has 2 aromatic carbocycles. The van der Waals surface area contributed by atoms with Crippen molar-refractivity contribution in [3.05, 3.63) is 59.2 Å². The molecule has 0 bridgehead atoms. The van der Waals surface area contributed by atoms with Crippen molar-refractivity contribution in [2.75, 3.05) is 20.8 Å². The van der Waals surface area contributed by atoms with Gasteiger partial charge in [-0.15, -0.1) is 0 Å². The van der Waals surface area contributed by atoms with Crippen molar-refractivity contribution in [2.24, 2.45) is 0 Å². The minimum absolute atomic E-state index is 0.133. The highest BCUT2D eigenvalue weighted by Gasteiger charge is 2.10. The Morgan fingerprint density at radius 3 is 2.46 bits per heavy atom. The van der Waals surface area contributed by atoms with Gasteiger partial charge in [0.05, 0.1) is 20.3 Å². The Hall–Kier alpha value is -2.53. The summed E-state index contributed by atoms with van der Waals surface area (Å²) in [6.45, 7) is 3.34. The average molecular weight is 329 g/mol. The number of hydrogen-bond acceptors (Lipinski definition) is 4. The maximum atomic E-state index is 12.3. The lowest BCUT2D eigenvalue weighted by Gasteiger charge is -2.12. The molecule has 0 atom stereocenters. The third-order valence-electron chi connectivity index (χ3n) is 3.53. The maximum Gasteiger partial charge on any atom is 0.251 e. The van der Waals surface area contributed by atoms with Gasteiger partial charge in [-0.3, -0.25) is 4.79 Å². The topological polar surface area (TPSA) is 56.8 Å². The molecule has 128 valence electrons. The van der Waals surface area contributed by atoms with Crippen molar-refractivity contribution in [1.29, 1.82) is 0 Å². The molecule has 0 aliphatic heterocycles. The molecule has 1 amide bonds. The van der Waals surface area contributed by atoms with Crippen molar-refractivity contribution in [3.8, 4) is 11.5 Å². The van der Waals surface area contributed by atoms with Crippen LogP contribution in [0.3, 0.4) is 0 Å². The summed E-state index contributed by atoms with van der Waals surface area (Å²) in [5.74, 6) is 1.40. The van der Waals surface area contributed by atoms with Crippen LogP contribution in [0.5, 0.6) is 11.5 Å². The number of carbonyl (C=O) groups excluding carboxylic acids is 1. The zero-order valence-corrected chi connectivity index (χ0v) is 14.3. The van der Waals surface area contributed by atoms with E-state index in [2.05, 4.69) is 5.32 Å². The first-order valence-electron chi connectivity index (χ1n) is 7.83. The van der Waals surface area contributed by atoms with Crippen molar-refractivity contribution in [3.63, 3.8) is 0 Å². The highest BCUT2D eigenvalue weighted by molar-refractivity contribution is 5.94. The molecule has 5 nitrogen and oxygen atoms in total. The molecule has 0 aliphatic rings. The van der Waals surface area contributed by atoms with Gasteiger partial charge in [0.2, 0.25) is 0 Å². The molecule has 0 saturated heterocycles. The Morgan fingerprint density at radius 2 is 1.83 bits per heavy atom. The van der Waals surface area contributed by atoms with Gasteiger partial charge in [0.25, 0.3) is 5.91 Å². The molecule has 0 spiro atoms. The predicted molar refractivity (Wildman–Crippen MR) is 92.5 cm³/mol. The van der Waals surface area contributed by atoms with Crippen LogP contribution in [0, 0.1) is 0 Å². The van der Waals surface area contributed by atoms with Crippen molar-refractivity contribution in [2.45, 2.75) is 20.1 Å². The number of amides is 1. The minimum atomic E-state index is -0.133. The van der Waals surface area contributed by atoms with Gasteiger partial charge < -0.3 is 19.5 Å². The Labute approximate surface area is 142 Å².